The number of rotatable bonds is 3. The van der Waals surface area contributed by atoms with Crippen molar-refractivity contribution in [3.63, 3.8) is 0 Å². The second-order valence-electron chi connectivity index (χ2n) is 4.98. The normalized spacial score (nSPS) is 28.9. The van der Waals surface area contributed by atoms with E-state index in [0.29, 0.717) is 12.1 Å². The van der Waals surface area contributed by atoms with Crippen LogP contribution < -0.4 is 5.32 Å². The van der Waals surface area contributed by atoms with Crippen LogP contribution in [0.5, 0.6) is 0 Å². The van der Waals surface area contributed by atoms with E-state index >= 15 is 0 Å². The maximum absolute atomic E-state index is 5.89. The molecule has 1 aromatic rings. The summed E-state index contributed by atoms with van der Waals surface area (Å²) in [6.45, 7) is 2.80. The van der Waals surface area contributed by atoms with Gasteiger partial charge in [0.05, 0.1) is 19.3 Å². The highest BCUT2D eigenvalue weighted by atomic mass is 32.1. The molecule has 3 rings (SSSR count). The fourth-order valence-corrected chi connectivity index (χ4v) is 3.68. The summed E-state index contributed by atoms with van der Waals surface area (Å²) in [6.07, 6.45) is 5.59. The Kier molecular flexibility index (Phi) is 3.77. The molecule has 0 bridgehead atoms. The van der Waals surface area contributed by atoms with Crippen molar-refractivity contribution < 1.29 is 4.74 Å². The van der Waals surface area contributed by atoms with Crippen LogP contribution in [0.25, 0.3) is 0 Å². The van der Waals surface area contributed by atoms with E-state index in [-0.39, 0.29) is 0 Å². The zero-order valence-electron chi connectivity index (χ0n) is 10.8. The highest BCUT2D eigenvalue weighted by Gasteiger charge is 2.34. The summed E-state index contributed by atoms with van der Waals surface area (Å²) in [5.74, 6) is 0. The average molecular weight is 268 g/mol. The summed E-state index contributed by atoms with van der Waals surface area (Å²) in [5, 5.41) is 13.4. The molecular formula is C12H20N4OS. The van der Waals surface area contributed by atoms with Crippen LogP contribution in [0.4, 0.5) is 5.13 Å². The highest BCUT2D eigenvalue weighted by molar-refractivity contribution is 7.15. The molecule has 1 saturated heterocycles. The van der Waals surface area contributed by atoms with Crippen molar-refractivity contribution in [3.8, 4) is 0 Å². The predicted octanol–water partition coefficient (Wildman–Crippen LogP) is 1.72. The number of morpholine rings is 1. The standard InChI is InChI=1S/C12H20N4OS/c1-13-12-15-14-11(18-12)8-16-6-7-17-10-5-3-2-4-9(10)16/h9-10H,2-8H2,1H3,(H,13,15). The molecule has 1 aliphatic heterocycles. The maximum atomic E-state index is 5.89. The number of nitrogens with zero attached hydrogens (tertiary/aromatic N) is 3. The molecule has 1 aliphatic carbocycles. The van der Waals surface area contributed by atoms with Crippen molar-refractivity contribution in [2.75, 3.05) is 25.5 Å². The third-order valence-corrected chi connectivity index (χ3v) is 4.79. The van der Waals surface area contributed by atoms with Gasteiger partial charge >= 0.3 is 0 Å². The molecule has 1 aromatic heterocycles. The van der Waals surface area contributed by atoms with E-state index in [2.05, 4.69) is 20.4 Å². The van der Waals surface area contributed by atoms with Crippen molar-refractivity contribution in [3.05, 3.63) is 5.01 Å². The Morgan fingerprint density at radius 2 is 2.28 bits per heavy atom. The van der Waals surface area contributed by atoms with E-state index in [1.54, 1.807) is 11.3 Å². The number of anilines is 1. The lowest BCUT2D eigenvalue weighted by atomic mass is 9.90. The molecule has 0 aromatic carbocycles. The van der Waals surface area contributed by atoms with E-state index in [0.717, 1.165) is 29.8 Å². The Hall–Kier alpha value is -0.720. The molecule has 1 N–H and O–H groups in total. The third kappa shape index (κ3) is 2.50. The van der Waals surface area contributed by atoms with Gasteiger partial charge in [0.1, 0.15) is 5.01 Å². The number of ether oxygens (including phenoxy) is 1. The first-order chi connectivity index (χ1) is 8.86. The van der Waals surface area contributed by atoms with E-state index < -0.39 is 0 Å². The van der Waals surface area contributed by atoms with Crippen LogP contribution in [0, 0.1) is 0 Å². The number of hydrogen-bond acceptors (Lipinski definition) is 6. The van der Waals surface area contributed by atoms with Gasteiger partial charge in [-0.05, 0) is 12.8 Å². The van der Waals surface area contributed by atoms with Crippen LogP contribution in [-0.2, 0) is 11.3 Å². The Morgan fingerprint density at radius 3 is 3.11 bits per heavy atom. The first-order valence-corrected chi connectivity index (χ1v) is 7.54. The fourth-order valence-electron chi connectivity index (χ4n) is 2.97. The second kappa shape index (κ2) is 5.50. The third-order valence-electron chi connectivity index (χ3n) is 3.87. The van der Waals surface area contributed by atoms with Crippen molar-refractivity contribution in [2.24, 2.45) is 0 Å². The summed E-state index contributed by atoms with van der Waals surface area (Å²) >= 11 is 1.65. The molecule has 0 radical (unpaired) electrons. The number of fused-ring (bicyclic) bond motifs is 1. The molecule has 1 saturated carbocycles. The lowest BCUT2D eigenvalue weighted by Gasteiger charge is -2.43. The first-order valence-electron chi connectivity index (χ1n) is 6.72. The van der Waals surface area contributed by atoms with Gasteiger partial charge in [0, 0.05) is 19.6 Å². The lowest BCUT2D eigenvalue weighted by Crippen LogP contribution is -2.52. The van der Waals surface area contributed by atoms with Crippen LogP contribution in [0.15, 0.2) is 0 Å². The molecule has 2 heterocycles. The minimum atomic E-state index is 0.448. The summed E-state index contributed by atoms with van der Waals surface area (Å²) in [5.41, 5.74) is 0. The van der Waals surface area contributed by atoms with Gasteiger partial charge in [0.25, 0.3) is 0 Å². The number of nitrogens with one attached hydrogen (secondary N) is 1. The topological polar surface area (TPSA) is 50.3 Å². The van der Waals surface area contributed by atoms with Crippen molar-refractivity contribution in [1.82, 2.24) is 15.1 Å². The van der Waals surface area contributed by atoms with Crippen LogP contribution in [0.2, 0.25) is 0 Å². The Labute approximate surface area is 112 Å². The SMILES string of the molecule is CNc1nnc(CN2CCOC3CCCCC32)s1. The van der Waals surface area contributed by atoms with E-state index in [4.69, 9.17) is 4.74 Å². The van der Waals surface area contributed by atoms with Crippen molar-refractivity contribution in [1.29, 1.82) is 0 Å². The van der Waals surface area contributed by atoms with E-state index in [1.807, 2.05) is 7.05 Å². The molecule has 2 atom stereocenters. The van der Waals surface area contributed by atoms with Gasteiger partial charge < -0.3 is 10.1 Å². The van der Waals surface area contributed by atoms with Gasteiger partial charge in [-0.25, -0.2) is 0 Å². The summed E-state index contributed by atoms with van der Waals surface area (Å²) in [4.78, 5) is 2.54. The molecule has 0 spiro atoms. The van der Waals surface area contributed by atoms with Crippen LogP contribution in [0.3, 0.4) is 0 Å². The lowest BCUT2D eigenvalue weighted by molar-refractivity contribution is -0.0911. The number of hydrogen-bond donors (Lipinski definition) is 1. The van der Waals surface area contributed by atoms with Crippen LogP contribution in [-0.4, -0.2) is 47.4 Å². The van der Waals surface area contributed by atoms with E-state index in [9.17, 15) is 0 Å². The summed E-state index contributed by atoms with van der Waals surface area (Å²) in [7, 11) is 1.89. The molecule has 0 amide bonds. The molecule has 18 heavy (non-hydrogen) atoms. The zero-order valence-corrected chi connectivity index (χ0v) is 11.6. The summed E-state index contributed by atoms with van der Waals surface area (Å²) < 4.78 is 5.89. The zero-order chi connectivity index (χ0) is 12.4. The van der Waals surface area contributed by atoms with Gasteiger partial charge in [-0.15, -0.1) is 10.2 Å². The minimum absolute atomic E-state index is 0.448. The van der Waals surface area contributed by atoms with Crippen LogP contribution in [0.1, 0.15) is 30.7 Å². The van der Waals surface area contributed by atoms with Gasteiger partial charge in [0.2, 0.25) is 5.13 Å². The smallest absolute Gasteiger partial charge is 0.205 e. The van der Waals surface area contributed by atoms with Gasteiger partial charge in [-0.3, -0.25) is 4.90 Å². The van der Waals surface area contributed by atoms with Gasteiger partial charge in [-0.1, -0.05) is 24.2 Å². The predicted molar refractivity (Wildman–Crippen MR) is 71.9 cm³/mol. The highest BCUT2D eigenvalue weighted by Crippen LogP contribution is 2.30. The minimum Gasteiger partial charge on any atom is -0.375 e. The van der Waals surface area contributed by atoms with Crippen LogP contribution >= 0.6 is 11.3 Å². The second-order valence-corrected chi connectivity index (χ2v) is 6.04. The molecule has 2 fully saturated rings. The van der Waals surface area contributed by atoms with Crippen molar-refractivity contribution >= 4 is 16.5 Å². The summed E-state index contributed by atoms with van der Waals surface area (Å²) in [6, 6.07) is 0.592. The Bertz CT molecular complexity index is 395. The largest absolute Gasteiger partial charge is 0.375 e. The van der Waals surface area contributed by atoms with Gasteiger partial charge in [-0.2, -0.15) is 0 Å². The first kappa shape index (κ1) is 12.3. The average Bonchev–Trinajstić information content (AvgIpc) is 2.87. The Morgan fingerprint density at radius 1 is 1.39 bits per heavy atom. The van der Waals surface area contributed by atoms with E-state index in [1.165, 1.54) is 25.7 Å². The molecule has 100 valence electrons. The molecule has 5 nitrogen and oxygen atoms in total. The Balaban J connectivity index is 1.66. The molecular weight excluding hydrogens is 248 g/mol. The monoisotopic (exact) mass is 268 g/mol. The molecule has 2 unspecified atom stereocenters. The molecule has 6 heteroatoms. The van der Waals surface area contributed by atoms with Crippen molar-refractivity contribution in [2.45, 2.75) is 44.4 Å². The number of aromatic nitrogens is 2. The van der Waals surface area contributed by atoms with Gasteiger partial charge in [0.15, 0.2) is 0 Å². The maximum Gasteiger partial charge on any atom is 0.205 e. The quantitative estimate of drug-likeness (QED) is 0.904. The molecule has 2 aliphatic rings. The fraction of sp³-hybridized carbons (Fsp3) is 0.833.